The van der Waals surface area contributed by atoms with Crippen LogP contribution in [-0.4, -0.2) is 59.8 Å². The maximum atomic E-state index is 12.2. The molecule has 1 saturated heterocycles. The van der Waals surface area contributed by atoms with Gasteiger partial charge in [-0.15, -0.1) is 0 Å². The van der Waals surface area contributed by atoms with Crippen LogP contribution in [0.15, 0.2) is 0 Å². The molecule has 1 atom stereocenters. The number of hydrogen-bond donors (Lipinski definition) is 1. The molecular weight excluding hydrogens is 289 g/mol. The Kier molecular flexibility index (Phi) is 6.29. The number of alkyl halides is 3. The standard InChI is InChI=1S/C13H21F3N2O3/c1-17(8-6-13(14,15)16)12(21)18-7-2-3-10(9-18)4-5-11(19)20/h10H,2-9H2,1H3,(H,19,20). The zero-order valence-corrected chi connectivity index (χ0v) is 12.0. The summed E-state index contributed by atoms with van der Waals surface area (Å²) in [6.45, 7) is 0.569. The molecule has 1 heterocycles. The molecule has 0 aliphatic carbocycles. The molecule has 1 aliphatic heterocycles. The van der Waals surface area contributed by atoms with Crippen molar-refractivity contribution in [3.63, 3.8) is 0 Å². The number of carbonyl (C=O) groups is 2. The lowest BCUT2D eigenvalue weighted by Gasteiger charge is -2.35. The summed E-state index contributed by atoms with van der Waals surface area (Å²) in [7, 11) is 1.36. The van der Waals surface area contributed by atoms with Gasteiger partial charge in [-0.2, -0.15) is 13.2 Å². The number of urea groups is 1. The van der Waals surface area contributed by atoms with E-state index in [9.17, 15) is 22.8 Å². The highest BCUT2D eigenvalue weighted by molar-refractivity contribution is 5.74. The predicted molar refractivity (Wildman–Crippen MR) is 69.9 cm³/mol. The first-order valence-corrected chi connectivity index (χ1v) is 6.97. The van der Waals surface area contributed by atoms with E-state index in [2.05, 4.69) is 0 Å². The minimum Gasteiger partial charge on any atom is -0.481 e. The second kappa shape index (κ2) is 7.51. The number of carboxylic acid groups (broad SMARTS) is 1. The van der Waals surface area contributed by atoms with Crippen molar-refractivity contribution in [1.82, 2.24) is 9.80 Å². The van der Waals surface area contributed by atoms with Gasteiger partial charge in [-0.25, -0.2) is 4.79 Å². The Morgan fingerprint density at radius 3 is 2.62 bits per heavy atom. The average Bonchev–Trinajstić information content (AvgIpc) is 2.41. The molecule has 1 unspecified atom stereocenters. The monoisotopic (exact) mass is 310 g/mol. The van der Waals surface area contributed by atoms with Gasteiger partial charge in [0.2, 0.25) is 0 Å². The summed E-state index contributed by atoms with van der Waals surface area (Å²) in [5.74, 6) is -0.768. The third-order valence-corrected chi connectivity index (χ3v) is 3.61. The van der Waals surface area contributed by atoms with Gasteiger partial charge in [0, 0.05) is 33.1 Å². The van der Waals surface area contributed by atoms with Crippen LogP contribution in [0.4, 0.5) is 18.0 Å². The molecule has 1 aliphatic rings. The van der Waals surface area contributed by atoms with Crippen molar-refractivity contribution in [3.05, 3.63) is 0 Å². The maximum Gasteiger partial charge on any atom is 0.390 e. The summed E-state index contributed by atoms with van der Waals surface area (Å²) < 4.78 is 36.5. The topological polar surface area (TPSA) is 60.9 Å². The molecule has 21 heavy (non-hydrogen) atoms. The lowest BCUT2D eigenvalue weighted by Crippen LogP contribution is -2.47. The molecule has 0 spiro atoms. The summed E-state index contributed by atoms with van der Waals surface area (Å²) in [6, 6.07) is -0.417. The highest BCUT2D eigenvalue weighted by Crippen LogP contribution is 2.23. The fraction of sp³-hybridized carbons (Fsp3) is 0.846. The lowest BCUT2D eigenvalue weighted by atomic mass is 9.93. The van der Waals surface area contributed by atoms with Crippen molar-refractivity contribution in [2.24, 2.45) is 5.92 Å². The van der Waals surface area contributed by atoms with Gasteiger partial charge in [-0.05, 0) is 25.2 Å². The zero-order valence-electron chi connectivity index (χ0n) is 12.0. The van der Waals surface area contributed by atoms with Crippen molar-refractivity contribution >= 4 is 12.0 Å². The van der Waals surface area contributed by atoms with Crippen LogP contribution in [0.2, 0.25) is 0 Å². The van der Waals surface area contributed by atoms with Crippen molar-refractivity contribution in [1.29, 1.82) is 0 Å². The quantitative estimate of drug-likeness (QED) is 0.849. The van der Waals surface area contributed by atoms with Crippen LogP contribution in [0.3, 0.4) is 0 Å². The predicted octanol–water partition coefficient (Wildman–Crippen LogP) is 2.57. The third kappa shape index (κ3) is 6.68. The minimum absolute atomic E-state index is 0.0522. The molecule has 122 valence electrons. The highest BCUT2D eigenvalue weighted by Gasteiger charge is 2.30. The number of carboxylic acids is 1. The smallest absolute Gasteiger partial charge is 0.390 e. The van der Waals surface area contributed by atoms with Gasteiger partial charge >= 0.3 is 18.2 Å². The van der Waals surface area contributed by atoms with Gasteiger partial charge in [0.1, 0.15) is 0 Å². The molecule has 2 amide bonds. The third-order valence-electron chi connectivity index (χ3n) is 3.61. The Balaban J connectivity index is 2.43. The summed E-state index contributed by atoms with van der Waals surface area (Å²) in [5.41, 5.74) is 0. The Morgan fingerprint density at radius 2 is 2.05 bits per heavy atom. The summed E-state index contributed by atoms with van der Waals surface area (Å²) in [4.78, 5) is 25.2. The number of nitrogens with zero attached hydrogens (tertiary/aromatic N) is 2. The fourth-order valence-corrected chi connectivity index (χ4v) is 2.43. The number of carbonyl (C=O) groups excluding carboxylic acids is 1. The Bertz CT molecular complexity index is 374. The van der Waals surface area contributed by atoms with Gasteiger partial charge in [0.15, 0.2) is 0 Å². The molecule has 0 saturated carbocycles. The summed E-state index contributed by atoms with van der Waals surface area (Å²) in [6.07, 6.45) is -3.15. The second-order valence-electron chi connectivity index (χ2n) is 5.46. The summed E-state index contributed by atoms with van der Waals surface area (Å²) >= 11 is 0. The van der Waals surface area contributed by atoms with Crippen molar-refractivity contribution in [3.8, 4) is 0 Å². The molecule has 0 bridgehead atoms. The first kappa shape index (κ1) is 17.6. The number of piperidine rings is 1. The van der Waals surface area contributed by atoms with Crippen LogP contribution in [0, 0.1) is 5.92 Å². The maximum absolute atomic E-state index is 12.2. The SMILES string of the molecule is CN(CCC(F)(F)F)C(=O)N1CCCC(CCC(=O)O)C1. The van der Waals surface area contributed by atoms with Crippen molar-refractivity contribution in [2.75, 3.05) is 26.7 Å². The molecule has 1 fully saturated rings. The Hall–Kier alpha value is -1.47. The molecule has 5 nitrogen and oxygen atoms in total. The lowest BCUT2D eigenvalue weighted by molar-refractivity contribution is -0.137. The summed E-state index contributed by atoms with van der Waals surface area (Å²) in [5, 5.41) is 8.66. The van der Waals surface area contributed by atoms with Crippen LogP contribution in [0.25, 0.3) is 0 Å². The largest absolute Gasteiger partial charge is 0.481 e. The van der Waals surface area contributed by atoms with Gasteiger partial charge in [0.05, 0.1) is 6.42 Å². The van der Waals surface area contributed by atoms with Crippen LogP contribution in [-0.2, 0) is 4.79 Å². The fourth-order valence-electron chi connectivity index (χ4n) is 2.43. The number of likely N-dealkylation sites (tertiary alicyclic amines) is 1. The van der Waals surface area contributed by atoms with E-state index in [1.54, 1.807) is 0 Å². The Labute approximate surface area is 121 Å². The molecular formula is C13H21F3N2O3. The normalized spacial score (nSPS) is 19.4. The molecule has 1 N–H and O–H groups in total. The van der Waals surface area contributed by atoms with Crippen LogP contribution in [0.1, 0.15) is 32.1 Å². The highest BCUT2D eigenvalue weighted by atomic mass is 19.4. The first-order valence-electron chi connectivity index (χ1n) is 6.97. The number of halogens is 3. The first-order chi connectivity index (χ1) is 9.69. The van der Waals surface area contributed by atoms with E-state index in [1.807, 2.05) is 0 Å². The van der Waals surface area contributed by atoms with E-state index >= 15 is 0 Å². The zero-order chi connectivity index (χ0) is 16.0. The van der Waals surface area contributed by atoms with Gasteiger partial charge in [-0.3, -0.25) is 4.79 Å². The van der Waals surface area contributed by atoms with Gasteiger partial charge in [-0.1, -0.05) is 0 Å². The van der Waals surface area contributed by atoms with E-state index in [0.29, 0.717) is 19.5 Å². The molecule has 8 heteroatoms. The van der Waals surface area contributed by atoms with E-state index < -0.39 is 24.6 Å². The molecule has 0 aromatic heterocycles. The van der Waals surface area contributed by atoms with Crippen molar-refractivity contribution < 1.29 is 27.9 Å². The molecule has 0 aromatic rings. The molecule has 0 aromatic carbocycles. The van der Waals surface area contributed by atoms with Crippen LogP contribution < -0.4 is 0 Å². The number of aliphatic carboxylic acids is 1. The van der Waals surface area contributed by atoms with Crippen molar-refractivity contribution in [2.45, 2.75) is 38.3 Å². The van der Waals surface area contributed by atoms with E-state index in [4.69, 9.17) is 5.11 Å². The van der Waals surface area contributed by atoms with Gasteiger partial charge in [0.25, 0.3) is 0 Å². The number of amides is 2. The number of rotatable bonds is 5. The number of hydrogen-bond acceptors (Lipinski definition) is 2. The average molecular weight is 310 g/mol. The second-order valence-corrected chi connectivity index (χ2v) is 5.46. The van der Waals surface area contributed by atoms with E-state index in [0.717, 1.165) is 17.7 Å². The molecule has 0 radical (unpaired) electrons. The van der Waals surface area contributed by atoms with Crippen LogP contribution >= 0.6 is 0 Å². The van der Waals surface area contributed by atoms with E-state index in [-0.39, 0.29) is 18.9 Å². The Morgan fingerprint density at radius 1 is 1.38 bits per heavy atom. The van der Waals surface area contributed by atoms with Crippen LogP contribution in [0.5, 0.6) is 0 Å². The van der Waals surface area contributed by atoms with E-state index in [1.165, 1.54) is 11.9 Å². The van der Waals surface area contributed by atoms with Gasteiger partial charge < -0.3 is 14.9 Å². The molecule has 1 rings (SSSR count). The minimum atomic E-state index is -4.28.